The fourth-order valence-corrected chi connectivity index (χ4v) is 2.87. The van der Waals surface area contributed by atoms with Gasteiger partial charge >= 0.3 is 0 Å². The molecule has 4 nitrogen and oxygen atoms in total. The molecule has 0 aromatic carbocycles. The van der Waals surface area contributed by atoms with Gasteiger partial charge in [-0.15, -0.1) is 11.3 Å². The summed E-state index contributed by atoms with van der Waals surface area (Å²) in [6.07, 6.45) is 3.50. The summed E-state index contributed by atoms with van der Waals surface area (Å²) >= 11 is 1.66. The smallest absolute Gasteiger partial charge is 0.196 e. The van der Waals surface area contributed by atoms with E-state index in [4.69, 9.17) is 5.73 Å². The van der Waals surface area contributed by atoms with Crippen LogP contribution in [0.15, 0.2) is 24.5 Å². The molecular weight excluding hydrogens is 232 g/mol. The van der Waals surface area contributed by atoms with Crippen LogP contribution in [0.25, 0.3) is 16.2 Å². The highest BCUT2D eigenvalue weighted by Crippen LogP contribution is 2.31. The molecule has 0 unspecified atom stereocenters. The van der Waals surface area contributed by atoms with E-state index in [-0.39, 0.29) is 0 Å². The molecule has 0 aliphatic carbocycles. The first-order valence-corrected chi connectivity index (χ1v) is 6.14. The van der Waals surface area contributed by atoms with E-state index in [1.165, 1.54) is 4.88 Å². The molecule has 17 heavy (non-hydrogen) atoms. The minimum absolute atomic E-state index is 0.702. The van der Waals surface area contributed by atoms with Crippen LogP contribution in [0.3, 0.4) is 0 Å². The highest BCUT2D eigenvalue weighted by Gasteiger charge is 2.15. The molecule has 3 heterocycles. The monoisotopic (exact) mass is 244 g/mol. The van der Waals surface area contributed by atoms with Crippen molar-refractivity contribution in [2.24, 2.45) is 0 Å². The second kappa shape index (κ2) is 3.56. The van der Waals surface area contributed by atoms with Crippen LogP contribution < -0.4 is 5.73 Å². The summed E-state index contributed by atoms with van der Waals surface area (Å²) < 4.78 is 2.01. The van der Waals surface area contributed by atoms with Crippen LogP contribution in [-0.2, 0) is 0 Å². The van der Waals surface area contributed by atoms with Crippen LogP contribution in [0, 0.1) is 13.8 Å². The molecule has 5 heteroatoms. The molecule has 0 saturated carbocycles. The van der Waals surface area contributed by atoms with Crippen molar-refractivity contribution in [3.63, 3.8) is 0 Å². The van der Waals surface area contributed by atoms with Crippen molar-refractivity contribution in [1.29, 1.82) is 0 Å². The zero-order valence-corrected chi connectivity index (χ0v) is 10.5. The SMILES string of the molecule is Cc1sc2nc(-c3ccncc3)c(N)n2c1C. The van der Waals surface area contributed by atoms with E-state index in [9.17, 15) is 0 Å². The number of fused-ring (bicyclic) bond motifs is 1. The number of nitrogens with two attached hydrogens (primary N) is 1. The van der Waals surface area contributed by atoms with Crippen LogP contribution >= 0.6 is 11.3 Å². The number of thiazole rings is 1. The fourth-order valence-electron chi connectivity index (χ4n) is 1.89. The number of nitrogens with zero attached hydrogens (tertiary/aromatic N) is 3. The molecule has 0 spiro atoms. The van der Waals surface area contributed by atoms with Crippen LogP contribution in [0.4, 0.5) is 5.82 Å². The van der Waals surface area contributed by atoms with Crippen LogP contribution in [0.2, 0.25) is 0 Å². The number of aromatic nitrogens is 3. The summed E-state index contributed by atoms with van der Waals surface area (Å²) in [5.41, 5.74) is 9.17. The minimum atomic E-state index is 0.702. The maximum atomic E-state index is 6.17. The predicted molar refractivity (Wildman–Crippen MR) is 70.2 cm³/mol. The Balaban J connectivity index is 2.30. The molecule has 2 N–H and O–H groups in total. The quantitative estimate of drug-likeness (QED) is 0.716. The third-order valence-electron chi connectivity index (χ3n) is 2.93. The van der Waals surface area contributed by atoms with Crippen molar-refractivity contribution in [3.05, 3.63) is 35.1 Å². The van der Waals surface area contributed by atoms with Gasteiger partial charge in [-0.05, 0) is 26.0 Å². The van der Waals surface area contributed by atoms with E-state index in [1.807, 2.05) is 16.5 Å². The van der Waals surface area contributed by atoms with E-state index in [1.54, 1.807) is 23.7 Å². The third-order valence-corrected chi connectivity index (χ3v) is 3.98. The molecule has 3 aromatic heterocycles. The number of aryl methyl sites for hydroxylation is 2. The predicted octanol–water partition coefficient (Wildman–Crippen LogP) is 2.66. The number of nitrogen functional groups attached to an aromatic ring is 1. The Hall–Kier alpha value is -1.88. The zero-order valence-electron chi connectivity index (χ0n) is 9.64. The number of imidazole rings is 1. The highest BCUT2D eigenvalue weighted by atomic mass is 32.1. The van der Waals surface area contributed by atoms with Gasteiger partial charge in [0.25, 0.3) is 0 Å². The van der Waals surface area contributed by atoms with E-state index in [0.29, 0.717) is 5.82 Å². The summed E-state index contributed by atoms with van der Waals surface area (Å²) in [5, 5.41) is 0. The summed E-state index contributed by atoms with van der Waals surface area (Å²) in [7, 11) is 0. The number of rotatable bonds is 1. The molecule has 3 rings (SSSR count). The van der Waals surface area contributed by atoms with E-state index < -0.39 is 0 Å². The maximum absolute atomic E-state index is 6.17. The Labute approximate surface area is 103 Å². The molecule has 3 aromatic rings. The molecule has 0 atom stereocenters. The van der Waals surface area contributed by atoms with Crippen molar-refractivity contribution in [3.8, 4) is 11.3 Å². The Kier molecular flexibility index (Phi) is 2.16. The molecule has 0 saturated heterocycles. The molecule has 0 fully saturated rings. The Morgan fingerprint density at radius 3 is 2.59 bits per heavy atom. The first-order chi connectivity index (χ1) is 8.18. The van der Waals surface area contributed by atoms with Gasteiger partial charge in [0, 0.05) is 28.5 Å². The van der Waals surface area contributed by atoms with E-state index >= 15 is 0 Å². The highest BCUT2D eigenvalue weighted by molar-refractivity contribution is 7.17. The van der Waals surface area contributed by atoms with E-state index in [0.717, 1.165) is 21.9 Å². The lowest BCUT2D eigenvalue weighted by molar-refractivity contribution is 1.12. The van der Waals surface area contributed by atoms with Crippen LogP contribution in [0.1, 0.15) is 10.6 Å². The maximum Gasteiger partial charge on any atom is 0.196 e. The van der Waals surface area contributed by atoms with Crippen LogP contribution in [-0.4, -0.2) is 14.4 Å². The molecule has 86 valence electrons. The molecule has 0 amide bonds. The summed E-state index contributed by atoms with van der Waals surface area (Å²) in [6.45, 7) is 4.15. The van der Waals surface area contributed by atoms with Gasteiger partial charge in [-0.3, -0.25) is 9.38 Å². The van der Waals surface area contributed by atoms with Crippen molar-refractivity contribution in [2.75, 3.05) is 5.73 Å². The topological polar surface area (TPSA) is 56.2 Å². The second-order valence-electron chi connectivity index (χ2n) is 3.94. The lowest BCUT2D eigenvalue weighted by Gasteiger charge is -1.99. The van der Waals surface area contributed by atoms with Gasteiger partial charge in [0.15, 0.2) is 4.96 Å². The van der Waals surface area contributed by atoms with Gasteiger partial charge in [0.05, 0.1) is 0 Å². The Bertz CT molecular complexity index is 681. The lowest BCUT2D eigenvalue weighted by Crippen LogP contribution is -1.95. The summed E-state index contributed by atoms with van der Waals surface area (Å²) in [6, 6.07) is 3.84. The number of anilines is 1. The van der Waals surface area contributed by atoms with Gasteiger partial charge in [-0.2, -0.15) is 0 Å². The molecule has 0 bridgehead atoms. The standard InChI is InChI=1S/C12H12N4S/c1-7-8(2)17-12-15-10(11(13)16(7)12)9-3-5-14-6-4-9/h3-6H,13H2,1-2H3. The number of hydrogen-bond acceptors (Lipinski definition) is 4. The molecule has 0 aliphatic rings. The average Bonchev–Trinajstić information content (AvgIpc) is 2.80. The van der Waals surface area contributed by atoms with Crippen molar-refractivity contribution >= 4 is 22.1 Å². The van der Waals surface area contributed by atoms with Crippen molar-refractivity contribution in [2.45, 2.75) is 13.8 Å². The Morgan fingerprint density at radius 1 is 1.24 bits per heavy atom. The van der Waals surface area contributed by atoms with Gasteiger partial charge in [0.1, 0.15) is 11.5 Å². The second-order valence-corrected chi connectivity index (χ2v) is 5.12. The van der Waals surface area contributed by atoms with Crippen molar-refractivity contribution in [1.82, 2.24) is 14.4 Å². The van der Waals surface area contributed by atoms with Gasteiger partial charge in [-0.1, -0.05) is 0 Å². The molecule has 0 radical (unpaired) electrons. The van der Waals surface area contributed by atoms with E-state index in [2.05, 4.69) is 23.8 Å². The average molecular weight is 244 g/mol. The number of pyridine rings is 1. The van der Waals surface area contributed by atoms with Gasteiger partial charge in [0.2, 0.25) is 0 Å². The first kappa shape index (κ1) is 10.3. The summed E-state index contributed by atoms with van der Waals surface area (Å²) in [5.74, 6) is 0.702. The first-order valence-electron chi connectivity index (χ1n) is 5.33. The van der Waals surface area contributed by atoms with Crippen LogP contribution in [0.5, 0.6) is 0 Å². The largest absolute Gasteiger partial charge is 0.383 e. The zero-order chi connectivity index (χ0) is 12.0. The molecule has 0 aliphatic heterocycles. The third kappa shape index (κ3) is 1.43. The Morgan fingerprint density at radius 2 is 1.94 bits per heavy atom. The lowest BCUT2D eigenvalue weighted by atomic mass is 10.2. The summed E-state index contributed by atoms with van der Waals surface area (Å²) in [4.78, 5) is 10.8. The minimum Gasteiger partial charge on any atom is -0.383 e. The number of hydrogen-bond donors (Lipinski definition) is 1. The van der Waals surface area contributed by atoms with Gasteiger partial charge in [-0.25, -0.2) is 4.98 Å². The normalized spacial score (nSPS) is 11.2. The van der Waals surface area contributed by atoms with Gasteiger partial charge < -0.3 is 5.73 Å². The van der Waals surface area contributed by atoms with Crippen molar-refractivity contribution < 1.29 is 0 Å². The molecular formula is C12H12N4S. The fraction of sp³-hybridized carbons (Fsp3) is 0.167.